The maximum Gasteiger partial charge on any atom is 1.00 e. The first-order chi connectivity index (χ1) is 30.9. The number of carboxylic acids is 5. The van der Waals surface area contributed by atoms with Gasteiger partial charge in [0.15, 0.2) is 17.2 Å². The van der Waals surface area contributed by atoms with Gasteiger partial charge in [0.25, 0.3) is 0 Å². The molecule has 0 spiro atoms. The van der Waals surface area contributed by atoms with E-state index in [-0.39, 0.29) is 319 Å². The van der Waals surface area contributed by atoms with E-state index in [1.54, 1.807) is 0 Å². The second-order valence-electron chi connectivity index (χ2n) is 13.0. The number of rotatable bonds is 20. The van der Waals surface area contributed by atoms with Crippen LogP contribution in [-0.4, -0.2) is 49.0 Å². The molecule has 0 aliphatic carbocycles. The Morgan fingerprint density at radius 1 is 0.500 bits per heavy atom. The molecule has 1 aliphatic heterocycles. The zero-order chi connectivity index (χ0) is 46.9. The van der Waals surface area contributed by atoms with Crippen molar-refractivity contribution in [3.8, 4) is 28.7 Å². The third-order valence-electron chi connectivity index (χ3n) is 8.17. The second-order valence-corrected chi connectivity index (χ2v) is 19.3. The number of aromatic carboxylic acids is 5. The smallest absolute Gasteiger partial charge is 0.545 e. The number of nitrogens with zero attached hydrogens (tertiary/aromatic N) is 3. The van der Waals surface area contributed by atoms with Crippen LogP contribution in [0.4, 0.5) is 0 Å². The van der Waals surface area contributed by atoms with Gasteiger partial charge < -0.3 is 72.7 Å². The Balaban J connectivity index is 0.00000490. The summed E-state index contributed by atoms with van der Waals surface area (Å²) >= 11 is 0. The predicted molar refractivity (Wildman–Crippen MR) is 219 cm³/mol. The van der Waals surface area contributed by atoms with E-state index in [1.165, 1.54) is 67.6 Å². The van der Waals surface area contributed by atoms with Crippen molar-refractivity contribution in [2.24, 2.45) is 4.52 Å². The van der Waals surface area contributed by atoms with Crippen LogP contribution in [0.25, 0.3) is 9.72 Å². The van der Waals surface area contributed by atoms with Gasteiger partial charge in [-0.25, -0.2) is 9.32 Å². The van der Waals surface area contributed by atoms with Crippen LogP contribution in [0.2, 0.25) is 0 Å². The van der Waals surface area contributed by atoms with Crippen molar-refractivity contribution in [2.75, 3.05) is 13.2 Å². The molecule has 5 aromatic rings. The molecule has 0 saturated carbocycles. The molecule has 0 saturated heterocycles. The summed E-state index contributed by atoms with van der Waals surface area (Å²) in [5.41, 5.74) is -1.34. The van der Waals surface area contributed by atoms with Crippen LogP contribution in [0.15, 0.2) is 138 Å². The van der Waals surface area contributed by atoms with Crippen LogP contribution in [0.3, 0.4) is 0 Å². The number of hydrogen-bond acceptors (Lipinski definition) is 19. The Morgan fingerprint density at radius 3 is 1.10 bits per heavy atom. The summed E-state index contributed by atoms with van der Waals surface area (Å²) in [5, 5.41) is 58.4. The van der Waals surface area contributed by atoms with Gasteiger partial charge in [0.1, 0.15) is 24.7 Å². The molecule has 336 valence electrons. The standard InChI is InChI=1S/C41H34N3O18P3.5K/c1-25(2)41(55)56-23-24-57-63(58-31-13-3-26(4-14-31)36(45)46)42-64(59-32-15-5-27(6-16-32)37(47)48,60-33-17-7-28(8-18-33)38(49)50)44-65(43-63,61-34-19-9-29(10-20-34)39(51)52)62-35-21-11-30(12-22-35)40(53)54;;;;;/h3-22H,1,23-24H2,2H3,(H,45,46)(H,47,48)(H,49,50)(H,51,52)(H,53,54);;;;;/q;5*+1/p-5. The summed E-state index contributed by atoms with van der Waals surface area (Å²) in [7, 11) is -14.1. The number of esters is 1. The minimum absolute atomic E-state index is 0. The summed E-state index contributed by atoms with van der Waals surface area (Å²) in [6.07, 6.45) is 0. The van der Waals surface area contributed by atoms with Crippen LogP contribution >= 0.6 is 23.7 Å². The van der Waals surface area contributed by atoms with Gasteiger partial charge in [-0.15, -0.1) is 0 Å². The molecule has 6 rings (SSSR count). The monoisotopic (exact) mass is 1140 g/mol. The van der Waals surface area contributed by atoms with Crippen LogP contribution in [-0.2, 0) is 14.1 Å². The summed E-state index contributed by atoms with van der Waals surface area (Å²) in [5.74, 6) is -9.38. The Kier molecular flexibility index (Phi) is 31.4. The zero-order valence-electron chi connectivity index (χ0n) is 38.2. The Morgan fingerprint density at radius 2 is 0.800 bits per heavy atom. The topological polar surface area (TPSA) is 323 Å². The van der Waals surface area contributed by atoms with Gasteiger partial charge >= 0.3 is 279 Å². The number of hydrogen-bond donors (Lipinski definition) is 0. The van der Waals surface area contributed by atoms with E-state index in [0.29, 0.717) is 0 Å². The van der Waals surface area contributed by atoms with E-state index in [9.17, 15) is 54.3 Å². The minimum Gasteiger partial charge on any atom is -0.545 e. The quantitative estimate of drug-likeness (QED) is 0.0230. The van der Waals surface area contributed by atoms with Gasteiger partial charge in [-0.05, 0) is 161 Å². The zero-order valence-corrected chi connectivity index (χ0v) is 56.5. The SMILES string of the molecule is C=C(C)C(=O)OCCO[P+]1(Oc2ccc(C(=O)[O-])cc2)[N-]P(Oc2ccc(C(=O)[O-])cc2)(Oc2ccc(C(=O)[O-])cc2)=N[P+](Oc2ccc(C(=O)[O-])cc2)(Oc2ccc(C(=O)[O-])cc2)[N-]1.[K+].[K+].[K+].[K+].[K+]. The fourth-order valence-corrected chi connectivity index (χ4v) is 14.3. The third kappa shape index (κ3) is 20.0. The fraction of sp³-hybridized carbons (Fsp3) is 0.0732. The molecule has 0 fully saturated rings. The van der Waals surface area contributed by atoms with Gasteiger partial charge in [0, 0.05) is 5.57 Å². The normalized spacial score (nSPS) is 14.6. The number of ether oxygens (including phenoxy) is 1. The average Bonchev–Trinajstić information content (AvgIpc) is 3.25. The second kappa shape index (κ2) is 31.9. The summed E-state index contributed by atoms with van der Waals surface area (Å²) in [4.78, 5) is 80.3. The molecule has 0 aromatic heterocycles. The molecule has 29 heteroatoms. The molecule has 5 aromatic carbocycles. The summed E-state index contributed by atoms with van der Waals surface area (Å²) < 4.78 is 48.5. The molecule has 21 nitrogen and oxygen atoms in total. The van der Waals surface area contributed by atoms with Crippen LogP contribution in [0, 0.1) is 0 Å². The average molecular weight is 1140 g/mol. The van der Waals surface area contributed by atoms with Crippen molar-refractivity contribution in [1.82, 2.24) is 0 Å². The van der Waals surface area contributed by atoms with Crippen LogP contribution < -0.4 is 305 Å². The van der Waals surface area contributed by atoms with Gasteiger partial charge in [-0.3, -0.25) is 9.05 Å². The first-order valence-electron chi connectivity index (χ1n) is 18.3. The molecule has 70 heavy (non-hydrogen) atoms. The molecular weight excluding hydrogens is 1110 g/mol. The van der Waals surface area contributed by atoms with Crippen LogP contribution in [0.5, 0.6) is 28.7 Å². The molecule has 0 bridgehead atoms. The van der Waals surface area contributed by atoms with Gasteiger partial charge in [-0.2, -0.15) is 4.86 Å². The van der Waals surface area contributed by atoms with Crippen molar-refractivity contribution in [1.29, 1.82) is 0 Å². The number of carboxylic acid groups (broad SMARTS) is 5. The van der Waals surface area contributed by atoms with E-state index in [1.807, 2.05) is 0 Å². The maximum absolute atomic E-state index is 12.4. The Labute approximate surface area is 613 Å². The van der Waals surface area contributed by atoms with Crippen molar-refractivity contribution in [2.45, 2.75) is 6.92 Å². The molecule has 1 atom stereocenters. The maximum atomic E-state index is 12.4. The summed E-state index contributed by atoms with van der Waals surface area (Å²) in [6.45, 7) is 3.87. The largest absolute Gasteiger partial charge is 1.00 e. The fourth-order valence-electron chi connectivity index (χ4n) is 5.14. The van der Waals surface area contributed by atoms with Gasteiger partial charge in [0.2, 0.25) is 8.02 Å². The van der Waals surface area contributed by atoms with Gasteiger partial charge in [-0.1, -0.05) is 6.58 Å². The minimum atomic E-state index is -4.73. The number of carbonyl (C=O) groups excluding carboxylic acids is 6. The number of benzene rings is 5. The molecule has 0 amide bonds. The van der Waals surface area contributed by atoms with Crippen molar-refractivity contribution < 1.29 is 343 Å². The van der Waals surface area contributed by atoms with E-state index in [0.717, 1.165) is 60.7 Å². The van der Waals surface area contributed by atoms with E-state index >= 15 is 0 Å². The van der Waals surface area contributed by atoms with E-state index < -0.39 is 72.7 Å². The first-order valence-corrected chi connectivity index (χ1v) is 22.9. The molecule has 1 heterocycles. The van der Waals surface area contributed by atoms with E-state index in [2.05, 4.69) is 6.58 Å². The van der Waals surface area contributed by atoms with Crippen molar-refractivity contribution >= 4 is 59.5 Å². The molecule has 0 radical (unpaired) electrons. The van der Waals surface area contributed by atoms with E-state index in [4.69, 9.17) is 46.1 Å². The third-order valence-corrected chi connectivity index (χ3v) is 16.4. The van der Waals surface area contributed by atoms with Crippen molar-refractivity contribution in [3.63, 3.8) is 0 Å². The predicted octanol–water partition coefficient (Wildman–Crippen LogP) is -11.6. The number of carbonyl (C=O) groups is 6. The Hall–Kier alpha value is 0.812. The Bertz CT molecular complexity index is 2590. The van der Waals surface area contributed by atoms with Gasteiger partial charge in [0.05, 0.1) is 29.8 Å². The molecule has 1 unspecified atom stereocenters. The summed E-state index contributed by atoms with van der Waals surface area (Å²) in [6, 6.07) is 23.0. The molecule has 0 N–H and O–H groups in total. The first kappa shape index (κ1) is 68.8. The van der Waals surface area contributed by atoms with Crippen LogP contribution in [0.1, 0.15) is 58.7 Å². The molecular formula is C41H29K5N3O18P3. The van der Waals surface area contributed by atoms with Crippen molar-refractivity contribution in [3.05, 3.63) is 171 Å². The molecule has 1 aliphatic rings.